The van der Waals surface area contributed by atoms with Crippen LogP contribution in [0.5, 0.6) is 0 Å². The first-order valence-corrected chi connectivity index (χ1v) is 5.58. The van der Waals surface area contributed by atoms with E-state index in [1.165, 1.54) is 0 Å². The highest BCUT2D eigenvalue weighted by Gasteiger charge is 2.14. The molecule has 0 unspecified atom stereocenters. The van der Waals surface area contributed by atoms with E-state index in [9.17, 15) is 4.79 Å². The van der Waals surface area contributed by atoms with Crippen LogP contribution in [-0.4, -0.2) is 31.0 Å². The summed E-state index contributed by atoms with van der Waals surface area (Å²) in [5.74, 6) is 0.832. The molecule has 0 bridgehead atoms. The molecule has 90 valence electrons. The van der Waals surface area contributed by atoms with E-state index in [4.69, 9.17) is 4.74 Å². The molecule has 2 N–H and O–H groups in total. The van der Waals surface area contributed by atoms with Crippen LogP contribution in [0.1, 0.15) is 17.3 Å². The smallest absolute Gasteiger partial charge is 0.164 e. The predicted molar refractivity (Wildman–Crippen MR) is 68.7 cm³/mol. The minimum absolute atomic E-state index is 0.0577. The van der Waals surface area contributed by atoms with Gasteiger partial charge in [0, 0.05) is 24.6 Å². The van der Waals surface area contributed by atoms with Crippen molar-refractivity contribution in [1.82, 2.24) is 4.98 Å². The van der Waals surface area contributed by atoms with E-state index in [0.717, 1.165) is 22.3 Å². The molecule has 0 aliphatic heterocycles. The molecule has 0 aliphatic carbocycles. The zero-order chi connectivity index (χ0) is 12.3. The second-order valence-electron chi connectivity index (χ2n) is 3.90. The second kappa shape index (κ2) is 5.01. The summed E-state index contributed by atoms with van der Waals surface area (Å²) >= 11 is 0. The number of anilines is 1. The number of para-hydroxylation sites is 1. The topological polar surface area (TPSA) is 54.1 Å². The number of nitrogens with one attached hydrogen (secondary N) is 2. The number of rotatable bonds is 5. The van der Waals surface area contributed by atoms with Crippen LogP contribution in [0, 0.1) is 0 Å². The Morgan fingerprint density at radius 1 is 1.41 bits per heavy atom. The number of carbonyl (C=O) groups excluding carboxylic acids is 1. The maximum atomic E-state index is 11.7. The summed E-state index contributed by atoms with van der Waals surface area (Å²) in [6, 6.07) is 7.79. The Morgan fingerprint density at radius 2 is 2.18 bits per heavy atom. The molecular formula is C13H16N2O2. The third kappa shape index (κ3) is 2.31. The number of aromatic nitrogens is 1. The molecule has 4 heteroatoms. The Hall–Kier alpha value is -1.81. The summed E-state index contributed by atoms with van der Waals surface area (Å²) in [5, 5.41) is 4.14. The summed E-state index contributed by atoms with van der Waals surface area (Å²) in [5.41, 5.74) is 1.69. The first-order valence-electron chi connectivity index (χ1n) is 5.58. The van der Waals surface area contributed by atoms with E-state index in [1.807, 2.05) is 24.3 Å². The third-order valence-electron chi connectivity index (χ3n) is 2.67. The molecular weight excluding hydrogens is 216 g/mol. The fourth-order valence-electron chi connectivity index (χ4n) is 1.92. The third-order valence-corrected chi connectivity index (χ3v) is 2.67. The van der Waals surface area contributed by atoms with Gasteiger partial charge in [0.25, 0.3) is 0 Å². The summed E-state index contributed by atoms with van der Waals surface area (Å²) < 4.78 is 4.98. The molecule has 0 amide bonds. The molecule has 0 saturated carbocycles. The van der Waals surface area contributed by atoms with Crippen molar-refractivity contribution in [3.05, 3.63) is 29.8 Å². The minimum atomic E-state index is 0.0577. The largest absolute Gasteiger partial charge is 0.383 e. The number of methoxy groups -OCH3 is 1. The average molecular weight is 232 g/mol. The molecule has 1 heterocycles. The first-order chi connectivity index (χ1) is 8.24. The number of hydrogen-bond donors (Lipinski definition) is 2. The molecule has 0 aliphatic rings. The monoisotopic (exact) mass is 232 g/mol. The van der Waals surface area contributed by atoms with E-state index >= 15 is 0 Å². The number of Topliss-reactive ketones (excluding diaryl/α,β-unsaturated/α-hetero) is 1. The molecule has 1 aromatic heterocycles. The molecule has 0 saturated heterocycles. The van der Waals surface area contributed by atoms with Crippen LogP contribution in [0.2, 0.25) is 0 Å². The zero-order valence-electron chi connectivity index (χ0n) is 10.0. The van der Waals surface area contributed by atoms with Crippen molar-refractivity contribution in [2.24, 2.45) is 0 Å². The number of hydrogen-bond acceptors (Lipinski definition) is 3. The lowest BCUT2D eigenvalue weighted by Gasteiger charge is -2.04. The van der Waals surface area contributed by atoms with Gasteiger partial charge in [-0.25, -0.2) is 0 Å². The van der Waals surface area contributed by atoms with Gasteiger partial charge in [-0.2, -0.15) is 0 Å². The Morgan fingerprint density at radius 3 is 2.88 bits per heavy atom. The lowest BCUT2D eigenvalue weighted by molar-refractivity contribution is 0.102. The van der Waals surface area contributed by atoms with E-state index in [2.05, 4.69) is 10.3 Å². The molecule has 0 fully saturated rings. The van der Waals surface area contributed by atoms with Gasteiger partial charge in [-0.05, 0) is 13.0 Å². The van der Waals surface area contributed by atoms with Crippen LogP contribution >= 0.6 is 0 Å². The number of ether oxygens (including phenoxy) is 1. The van der Waals surface area contributed by atoms with Crippen LogP contribution in [-0.2, 0) is 4.74 Å². The summed E-state index contributed by atoms with van der Waals surface area (Å²) in [6.07, 6.45) is 0. The molecule has 2 rings (SSSR count). The van der Waals surface area contributed by atoms with Gasteiger partial charge in [-0.1, -0.05) is 18.2 Å². The van der Waals surface area contributed by atoms with Crippen molar-refractivity contribution < 1.29 is 9.53 Å². The van der Waals surface area contributed by atoms with Crippen molar-refractivity contribution in [3.63, 3.8) is 0 Å². The molecule has 0 atom stereocenters. The normalized spacial score (nSPS) is 10.7. The van der Waals surface area contributed by atoms with Crippen LogP contribution in [0.3, 0.4) is 0 Å². The molecule has 17 heavy (non-hydrogen) atoms. The number of benzene rings is 1. The van der Waals surface area contributed by atoms with Gasteiger partial charge < -0.3 is 15.0 Å². The maximum absolute atomic E-state index is 11.7. The number of fused-ring (bicyclic) bond motifs is 1. The van der Waals surface area contributed by atoms with Gasteiger partial charge in [0.05, 0.1) is 12.2 Å². The van der Waals surface area contributed by atoms with Crippen LogP contribution in [0.4, 0.5) is 5.82 Å². The van der Waals surface area contributed by atoms with Gasteiger partial charge >= 0.3 is 0 Å². The van der Waals surface area contributed by atoms with Crippen molar-refractivity contribution in [3.8, 4) is 0 Å². The van der Waals surface area contributed by atoms with E-state index in [0.29, 0.717) is 13.2 Å². The SMILES string of the molecule is COCCNc1[nH]c2ccccc2c1C(C)=O. The van der Waals surface area contributed by atoms with Gasteiger partial charge in [-0.3, -0.25) is 4.79 Å². The van der Waals surface area contributed by atoms with Crippen molar-refractivity contribution >= 4 is 22.5 Å². The van der Waals surface area contributed by atoms with Crippen LogP contribution in [0.15, 0.2) is 24.3 Å². The van der Waals surface area contributed by atoms with Gasteiger partial charge in [0.15, 0.2) is 5.78 Å². The lowest BCUT2D eigenvalue weighted by Crippen LogP contribution is -2.10. The first kappa shape index (κ1) is 11.7. The summed E-state index contributed by atoms with van der Waals surface area (Å²) in [6.45, 7) is 2.85. The highest BCUT2D eigenvalue weighted by molar-refractivity contribution is 6.11. The van der Waals surface area contributed by atoms with Crippen molar-refractivity contribution in [2.75, 3.05) is 25.6 Å². The highest BCUT2D eigenvalue weighted by atomic mass is 16.5. The predicted octanol–water partition coefficient (Wildman–Crippen LogP) is 2.43. The van der Waals surface area contributed by atoms with Crippen LogP contribution in [0.25, 0.3) is 10.9 Å². The van der Waals surface area contributed by atoms with Gasteiger partial charge in [0.1, 0.15) is 5.82 Å². The molecule has 1 aromatic carbocycles. The number of ketones is 1. The summed E-state index contributed by atoms with van der Waals surface area (Å²) in [7, 11) is 1.65. The van der Waals surface area contributed by atoms with E-state index in [1.54, 1.807) is 14.0 Å². The van der Waals surface area contributed by atoms with Crippen molar-refractivity contribution in [1.29, 1.82) is 0 Å². The average Bonchev–Trinajstić information content (AvgIpc) is 2.67. The Labute approximate surface area is 100.0 Å². The lowest BCUT2D eigenvalue weighted by atomic mass is 10.1. The molecule has 0 spiro atoms. The number of carbonyl (C=O) groups is 1. The quantitative estimate of drug-likeness (QED) is 0.615. The minimum Gasteiger partial charge on any atom is -0.383 e. The zero-order valence-corrected chi connectivity index (χ0v) is 10.0. The highest BCUT2D eigenvalue weighted by Crippen LogP contribution is 2.26. The molecule has 2 aromatic rings. The fraction of sp³-hybridized carbons (Fsp3) is 0.308. The second-order valence-corrected chi connectivity index (χ2v) is 3.90. The Kier molecular flexibility index (Phi) is 3.44. The standard InChI is InChI=1S/C13H16N2O2/c1-9(16)12-10-5-3-4-6-11(10)15-13(12)14-7-8-17-2/h3-6,14-15H,7-8H2,1-2H3. The maximum Gasteiger partial charge on any atom is 0.164 e. The summed E-state index contributed by atoms with van der Waals surface area (Å²) in [4.78, 5) is 14.9. The Bertz CT molecular complexity index is 531. The van der Waals surface area contributed by atoms with Gasteiger partial charge in [-0.15, -0.1) is 0 Å². The van der Waals surface area contributed by atoms with Gasteiger partial charge in [0.2, 0.25) is 0 Å². The molecule has 0 radical (unpaired) electrons. The molecule has 4 nitrogen and oxygen atoms in total. The number of aromatic amines is 1. The van der Waals surface area contributed by atoms with E-state index < -0.39 is 0 Å². The van der Waals surface area contributed by atoms with Crippen LogP contribution < -0.4 is 5.32 Å². The number of H-pyrrole nitrogens is 1. The van der Waals surface area contributed by atoms with E-state index in [-0.39, 0.29) is 5.78 Å². The Balaban J connectivity index is 2.39. The van der Waals surface area contributed by atoms with Crippen molar-refractivity contribution in [2.45, 2.75) is 6.92 Å². The fourth-order valence-corrected chi connectivity index (χ4v) is 1.92.